The van der Waals surface area contributed by atoms with Crippen LogP contribution in [-0.2, 0) is 0 Å². The molecule has 0 saturated carbocycles. The van der Waals surface area contributed by atoms with E-state index in [1.54, 1.807) is 13.0 Å². The minimum Gasteiger partial charge on any atom is -0.402 e. The molecule has 0 radical (unpaired) electrons. The third-order valence-electron chi connectivity index (χ3n) is 1.94. The van der Waals surface area contributed by atoms with Crippen LogP contribution in [0.25, 0.3) is 0 Å². The van der Waals surface area contributed by atoms with Crippen LogP contribution in [0.15, 0.2) is 23.4 Å². The maximum atomic E-state index is 10.5. The average molecular weight is 169 g/mol. The van der Waals surface area contributed by atoms with Crippen LogP contribution in [0.5, 0.6) is 0 Å². The Hall–Kier alpha value is -1.36. The maximum absolute atomic E-state index is 10.5. The minimum atomic E-state index is -1.51. The van der Waals surface area contributed by atoms with Crippen LogP contribution in [0.3, 0.4) is 0 Å². The van der Waals surface area contributed by atoms with Crippen LogP contribution in [0, 0.1) is 10.1 Å². The Kier molecular flexibility index (Phi) is 1.89. The summed E-state index contributed by atoms with van der Waals surface area (Å²) in [6, 6.07) is 0. The van der Waals surface area contributed by atoms with Gasteiger partial charge >= 0.3 is 0 Å². The summed E-state index contributed by atoms with van der Waals surface area (Å²) in [5.74, 6) is 0. The summed E-state index contributed by atoms with van der Waals surface area (Å²) in [7, 11) is 0. The monoisotopic (exact) mass is 169 g/mol. The van der Waals surface area contributed by atoms with Gasteiger partial charge in [0.1, 0.15) is 0 Å². The molecule has 1 rings (SSSR count). The molecule has 0 aromatic rings. The van der Waals surface area contributed by atoms with E-state index in [4.69, 9.17) is 11.5 Å². The molecule has 0 aromatic carbocycles. The number of rotatable bonds is 1. The molecule has 0 heterocycles. The topological polar surface area (TPSA) is 95.2 Å². The van der Waals surface area contributed by atoms with Crippen molar-refractivity contribution in [3.63, 3.8) is 0 Å². The molecule has 1 aliphatic carbocycles. The van der Waals surface area contributed by atoms with E-state index in [0.29, 0.717) is 5.70 Å². The molecule has 0 fully saturated rings. The van der Waals surface area contributed by atoms with Crippen molar-refractivity contribution in [3.8, 4) is 0 Å². The van der Waals surface area contributed by atoms with Crippen LogP contribution >= 0.6 is 0 Å². The number of hydrogen-bond acceptors (Lipinski definition) is 4. The van der Waals surface area contributed by atoms with Crippen molar-refractivity contribution >= 4 is 0 Å². The zero-order valence-electron chi connectivity index (χ0n) is 6.78. The van der Waals surface area contributed by atoms with Crippen molar-refractivity contribution in [1.82, 2.24) is 0 Å². The fourth-order valence-corrected chi connectivity index (χ4v) is 1.01. The number of allylic oxidation sites excluding steroid dienone is 2. The Morgan fingerprint density at radius 2 is 2.33 bits per heavy atom. The van der Waals surface area contributed by atoms with Crippen molar-refractivity contribution in [2.75, 3.05) is 0 Å². The summed E-state index contributed by atoms with van der Waals surface area (Å²) in [5, 5.41) is 10.5. The first-order valence-corrected chi connectivity index (χ1v) is 3.53. The number of nitrogens with two attached hydrogens (primary N) is 2. The second-order valence-electron chi connectivity index (χ2n) is 2.97. The van der Waals surface area contributed by atoms with E-state index < -0.39 is 10.6 Å². The molecule has 0 aromatic heterocycles. The normalized spacial score (nSPS) is 29.2. The van der Waals surface area contributed by atoms with Crippen LogP contribution in [0.2, 0.25) is 0 Å². The third-order valence-corrected chi connectivity index (χ3v) is 1.94. The van der Waals surface area contributed by atoms with E-state index in [1.165, 1.54) is 6.08 Å². The first-order valence-electron chi connectivity index (χ1n) is 3.53. The van der Waals surface area contributed by atoms with Gasteiger partial charge in [-0.25, -0.2) is 0 Å². The Labute approximate surface area is 69.9 Å². The van der Waals surface area contributed by atoms with Gasteiger partial charge in [0, 0.05) is 16.7 Å². The lowest BCUT2D eigenvalue weighted by Gasteiger charge is -2.21. The number of nitro groups is 1. The second kappa shape index (κ2) is 2.60. The molecule has 1 aliphatic rings. The lowest BCUT2D eigenvalue weighted by Crippen LogP contribution is -2.48. The third kappa shape index (κ3) is 1.31. The molecule has 4 N–H and O–H groups in total. The smallest absolute Gasteiger partial charge is 0.297 e. The molecular formula is C7H11N3O2. The van der Waals surface area contributed by atoms with E-state index in [0.717, 1.165) is 5.57 Å². The van der Waals surface area contributed by atoms with Gasteiger partial charge in [-0.1, -0.05) is 6.08 Å². The van der Waals surface area contributed by atoms with Crippen LogP contribution in [-0.4, -0.2) is 10.6 Å². The van der Waals surface area contributed by atoms with Crippen molar-refractivity contribution in [3.05, 3.63) is 33.5 Å². The zero-order valence-corrected chi connectivity index (χ0v) is 6.78. The highest BCUT2D eigenvalue weighted by Gasteiger charge is 2.37. The molecular weight excluding hydrogens is 158 g/mol. The highest BCUT2D eigenvalue weighted by molar-refractivity contribution is 5.30. The van der Waals surface area contributed by atoms with Crippen LogP contribution in [0.1, 0.15) is 13.3 Å². The largest absolute Gasteiger partial charge is 0.402 e. The summed E-state index contributed by atoms with van der Waals surface area (Å²) in [6.07, 6.45) is 3.04. The minimum absolute atomic E-state index is 0.0856. The van der Waals surface area contributed by atoms with E-state index in [2.05, 4.69) is 0 Å². The zero-order chi connectivity index (χ0) is 9.35. The average Bonchev–Trinajstić information content (AvgIpc) is 1.97. The predicted octanol–water partition coefficient (Wildman–Crippen LogP) is 0.111. The molecule has 1 atom stereocenters. The summed E-state index contributed by atoms with van der Waals surface area (Å²) in [6.45, 7) is 1.80. The molecule has 5 nitrogen and oxygen atoms in total. The Balaban J connectivity index is 2.94. The van der Waals surface area contributed by atoms with Crippen LogP contribution < -0.4 is 11.5 Å². The molecule has 0 bridgehead atoms. The summed E-state index contributed by atoms with van der Waals surface area (Å²) >= 11 is 0. The Morgan fingerprint density at radius 1 is 1.75 bits per heavy atom. The van der Waals surface area contributed by atoms with Gasteiger partial charge in [0.25, 0.3) is 5.66 Å². The van der Waals surface area contributed by atoms with Crippen molar-refractivity contribution in [1.29, 1.82) is 0 Å². The molecule has 0 amide bonds. The summed E-state index contributed by atoms with van der Waals surface area (Å²) < 4.78 is 0. The van der Waals surface area contributed by atoms with E-state index >= 15 is 0 Å². The first kappa shape index (κ1) is 8.73. The van der Waals surface area contributed by atoms with Crippen molar-refractivity contribution in [2.45, 2.75) is 19.0 Å². The van der Waals surface area contributed by atoms with Gasteiger partial charge in [-0.15, -0.1) is 0 Å². The van der Waals surface area contributed by atoms with Gasteiger partial charge in [0.05, 0.1) is 6.42 Å². The Bertz CT molecular complexity index is 282. The molecule has 1 unspecified atom stereocenters. The lowest BCUT2D eigenvalue weighted by molar-refractivity contribution is -0.553. The van der Waals surface area contributed by atoms with Gasteiger partial charge in [0.15, 0.2) is 0 Å². The molecule has 0 aliphatic heterocycles. The molecule has 0 saturated heterocycles. The molecule has 66 valence electrons. The number of nitrogens with zero attached hydrogens (tertiary/aromatic N) is 1. The van der Waals surface area contributed by atoms with E-state index in [9.17, 15) is 10.1 Å². The highest BCUT2D eigenvalue weighted by atomic mass is 16.6. The van der Waals surface area contributed by atoms with Gasteiger partial charge in [-0.05, 0) is 12.5 Å². The molecule has 5 heteroatoms. The lowest BCUT2D eigenvalue weighted by atomic mass is 9.96. The first-order chi connectivity index (χ1) is 5.46. The summed E-state index contributed by atoms with van der Waals surface area (Å²) in [4.78, 5) is 9.95. The van der Waals surface area contributed by atoms with Crippen molar-refractivity contribution < 1.29 is 4.92 Å². The van der Waals surface area contributed by atoms with Crippen molar-refractivity contribution in [2.24, 2.45) is 11.5 Å². The fourth-order valence-electron chi connectivity index (χ4n) is 1.01. The second-order valence-corrected chi connectivity index (χ2v) is 2.97. The number of hydrogen-bond donors (Lipinski definition) is 2. The SMILES string of the molecule is CC1=C(N)CC(N)([N+](=O)[O-])C=C1. The molecule has 0 spiro atoms. The van der Waals surface area contributed by atoms with Gasteiger partial charge < -0.3 is 5.73 Å². The predicted molar refractivity (Wildman–Crippen MR) is 44.6 cm³/mol. The summed E-state index contributed by atoms with van der Waals surface area (Å²) in [5.41, 5.74) is 10.8. The van der Waals surface area contributed by atoms with E-state index in [1.807, 2.05) is 0 Å². The maximum Gasteiger partial charge on any atom is 0.297 e. The van der Waals surface area contributed by atoms with E-state index in [-0.39, 0.29) is 6.42 Å². The van der Waals surface area contributed by atoms with Gasteiger partial charge in [-0.3, -0.25) is 15.8 Å². The standard InChI is InChI=1S/C7H11N3O2/c1-5-2-3-7(9,10(11)12)4-6(5)8/h2-3H,4,8-9H2,1H3. The van der Waals surface area contributed by atoms with Gasteiger partial charge in [0.2, 0.25) is 0 Å². The molecule has 12 heavy (non-hydrogen) atoms. The fraction of sp³-hybridized carbons (Fsp3) is 0.429. The Morgan fingerprint density at radius 3 is 2.75 bits per heavy atom. The van der Waals surface area contributed by atoms with Crippen LogP contribution in [0.4, 0.5) is 0 Å². The highest BCUT2D eigenvalue weighted by Crippen LogP contribution is 2.22. The van der Waals surface area contributed by atoms with Gasteiger partial charge in [-0.2, -0.15) is 0 Å². The quantitative estimate of drug-likeness (QED) is 0.331.